The van der Waals surface area contributed by atoms with Gasteiger partial charge in [0.05, 0.1) is 5.69 Å². The van der Waals surface area contributed by atoms with Crippen molar-refractivity contribution in [2.45, 2.75) is 19.8 Å². The van der Waals surface area contributed by atoms with E-state index >= 15 is 0 Å². The van der Waals surface area contributed by atoms with Crippen LogP contribution in [-0.4, -0.2) is 14.7 Å². The number of aromatic nitrogens is 2. The molecule has 80 valence electrons. The molecule has 0 saturated heterocycles. The van der Waals surface area contributed by atoms with Gasteiger partial charge >= 0.3 is 0 Å². The lowest BCUT2D eigenvalue weighted by Gasteiger charge is -1.96. The highest BCUT2D eigenvalue weighted by molar-refractivity contribution is 9.09. The average molecular weight is 285 g/mol. The van der Waals surface area contributed by atoms with Crippen LogP contribution >= 0.6 is 27.3 Å². The number of allylic oxidation sites excluding steroid dienone is 2. The lowest BCUT2D eigenvalue weighted by Crippen LogP contribution is -1.87. The van der Waals surface area contributed by atoms with Gasteiger partial charge in [-0.1, -0.05) is 27.6 Å². The first-order valence-corrected chi connectivity index (χ1v) is 6.92. The van der Waals surface area contributed by atoms with E-state index in [0.717, 1.165) is 28.8 Å². The van der Waals surface area contributed by atoms with E-state index in [9.17, 15) is 0 Å². The first-order valence-electron chi connectivity index (χ1n) is 4.92. The van der Waals surface area contributed by atoms with E-state index < -0.39 is 0 Å². The molecule has 0 aliphatic carbocycles. The fourth-order valence-corrected chi connectivity index (χ4v) is 2.47. The Morgan fingerprint density at radius 1 is 1.67 bits per heavy atom. The van der Waals surface area contributed by atoms with Crippen LogP contribution in [0.25, 0.3) is 4.96 Å². The molecule has 0 spiro atoms. The van der Waals surface area contributed by atoms with E-state index in [0.29, 0.717) is 0 Å². The summed E-state index contributed by atoms with van der Waals surface area (Å²) in [6, 6.07) is 0. The summed E-state index contributed by atoms with van der Waals surface area (Å²) in [6.07, 6.45) is 8.48. The Labute approximate surface area is 102 Å². The van der Waals surface area contributed by atoms with Crippen LogP contribution < -0.4 is 0 Å². The minimum Gasteiger partial charge on any atom is -0.297 e. The number of imidazole rings is 1. The molecule has 0 aliphatic rings. The summed E-state index contributed by atoms with van der Waals surface area (Å²) in [7, 11) is 0. The zero-order valence-electron chi connectivity index (χ0n) is 8.61. The predicted molar refractivity (Wildman–Crippen MR) is 68.9 cm³/mol. The number of halogens is 1. The van der Waals surface area contributed by atoms with E-state index in [1.807, 2.05) is 6.20 Å². The molecule has 2 aromatic rings. The molecule has 0 bridgehead atoms. The largest absolute Gasteiger partial charge is 0.297 e. The zero-order valence-corrected chi connectivity index (χ0v) is 11.0. The van der Waals surface area contributed by atoms with Gasteiger partial charge in [0, 0.05) is 29.5 Å². The van der Waals surface area contributed by atoms with Crippen LogP contribution in [0.15, 0.2) is 29.4 Å². The fourth-order valence-electron chi connectivity index (χ4n) is 1.52. The number of thiazole rings is 1. The first kappa shape index (κ1) is 10.9. The highest BCUT2D eigenvalue weighted by atomic mass is 79.9. The summed E-state index contributed by atoms with van der Waals surface area (Å²) < 4.78 is 2.08. The number of fused-ring (bicyclic) bond motifs is 1. The van der Waals surface area contributed by atoms with Crippen molar-refractivity contribution in [3.8, 4) is 0 Å². The van der Waals surface area contributed by atoms with Crippen LogP contribution in [0.3, 0.4) is 0 Å². The fraction of sp³-hybridized carbons (Fsp3) is 0.364. The summed E-state index contributed by atoms with van der Waals surface area (Å²) >= 11 is 5.10. The van der Waals surface area contributed by atoms with Crippen molar-refractivity contribution in [1.29, 1.82) is 0 Å². The molecule has 0 unspecified atom stereocenters. The SMILES string of the molecule is C/C(=C/CCBr)Cc1cn2ccsc2n1. The number of alkyl halides is 1. The van der Waals surface area contributed by atoms with Crippen LogP contribution in [-0.2, 0) is 6.42 Å². The summed E-state index contributed by atoms with van der Waals surface area (Å²) in [6.45, 7) is 2.16. The molecule has 15 heavy (non-hydrogen) atoms. The number of rotatable bonds is 4. The molecular formula is C11H13BrN2S. The van der Waals surface area contributed by atoms with E-state index in [4.69, 9.17) is 0 Å². The molecule has 0 N–H and O–H groups in total. The van der Waals surface area contributed by atoms with Gasteiger partial charge in [0.1, 0.15) is 0 Å². The van der Waals surface area contributed by atoms with E-state index in [1.165, 1.54) is 5.57 Å². The van der Waals surface area contributed by atoms with E-state index in [2.05, 4.69) is 49.9 Å². The molecule has 2 rings (SSSR count). The minimum absolute atomic E-state index is 0.960. The van der Waals surface area contributed by atoms with Gasteiger partial charge in [0.2, 0.25) is 0 Å². The monoisotopic (exact) mass is 284 g/mol. The Bertz CT molecular complexity index is 441. The smallest absolute Gasteiger partial charge is 0.193 e. The van der Waals surface area contributed by atoms with Crippen molar-refractivity contribution >= 4 is 32.2 Å². The number of hydrogen-bond acceptors (Lipinski definition) is 2. The highest BCUT2D eigenvalue weighted by Gasteiger charge is 2.02. The number of nitrogens with zero attached hydrogens (tertiary/aromatic N) is 2. The van der Waals surface area contributed by atoms with Crippen LogP contribution in [0, 0.1) is 0 Å². The molecule has 2 aromatic heterocycles. The van der Waals surface area contributed by atoms with Gasteiger partial charge in [0.25, 0.3) is 0 Å². The zero-order chi connectivity index (χ0) is 10.7. The van der Waals surface area contributed by atoms with Gasteiger partial charge in [-0.25, -0.2) is 4.98 Å². The van der Waals surface area contributed by atoms with Crippen molar-refractivity contribution < 1.29 is 0 Å². The lowest BCUT2D eigenvalue weighted by atomic mass is 10.1. The van der Waals surface area contributed by atoms with Crippen LogP contribution in [0.2, 0.25) is 0 Å². The summed E-state index contributed by atoms with van der Waals surface area (Å²) in [5.74, 6) is 0. The molecular weight excluding hydrogens is 272 g/mol. The molecule has 0 atom stereocenters. The topological polar surface area (TPSA) is 17.3 Å². The second kappa shape index (κ2) is 4.94. The maximum absolute atomic E-state index is 4.55. The third-order valence-electron chi connectivity index (χ3n) is 2.21. The van der Waals surface area contributed by atoms with Gasteiger partial charge in [-0.3, -0.25) is 4.40 Å². The van der Waals surface area contributed by atoms with Gasteiger partial charge in [-0.2, -0.15) is 0 Å². The third kappa shape index (κ3) is 2.69. The predicted octanol–water partition coefficient (Wildman–Crippen LogP) is 3.67. The molecule has 2 heterocycles. The van der Waals surface area contributed by atoms with Crippen molar-refractivity contribution in [2.24, 2.45) is 0 Å². The molecule has 0 radical (unpaired) electrons. The Morgan fingerprint density at radius 3 is 3.27 bits per heavy atom. The standard InChI is InChI=1S/C11H13BrN2S/c1-9(3-2-4-12)7-10-8-14-5-6-15-11(14)13-10/h3,5-6,8H,2,4,7H2,1H3/b9-3-. The normalized spacial score (nSPS) is 12.5. The third-order valence-corrected chi connectivity index (χ3v) is 3.43. The first-order chi connectivity index (χ1) is 7.29. The Kier molecular flexibility index (Phi) is 3.59. The lowest BCUT2D eigenvalue weighted by molar-refractivity contribution is 1.05. The van der Waals surface area contributed by atoms with E-state index in [-0.39, 0.29) is 0 Å². The summed E-state index contributed by atoms with van der Waals surface area (Å²) in [5, 5.41) is 3.09. The van der Waals surface area contributed by atoms with Crippen molar-refractivity contribution in [1.82, 2.24) is 9.38 Å². The van der Waals surface area contributed by atoms with Crippen molar-refractivity contribution in [2.75, 3.05) is 5.33 Å². The van der Waals surface area contributed by atoms with Gasteiger partial charge in [0.15, 0.2) is 4.96 Å². The molecule has 0 aliphatic heterocycles. The number of hydrogen-bond donors (Lipinski definition) is 0. The van der Waals surface area contributed by atoms with Crippen molar-refractivity contribution in [3.63, 3.8) is 0 Å². The summed E-state index contributed by atoms with van der Waals surface area (Å²) in [4.78, 5) is 5.63. The second-order valence-electron chi connectivity index (χ2n) is 3.53. The average Bonchev–Trinajstić information content (AvgIpc) is 2.74. The van der Waals surface area contributed by atoms with Crippen LogP contribution in [0.5, 0.6) is 0 Å². The maximum Gasteiger partial charge on any atom is 0.193 e. The van der Waals surface area contributed by atoms with Crippen LogP contribution in [0.1, 0.15) is 19.0 Å². The Morgan fingerprint density at radius 2 is 2.53 bits per heavy atom. The molecule has 0 fully saturated rings. The van der Waals surface area contributed by atoms with Gasteiger partial charge < -0.3 is 0 Å². The maximum atomic E-state index is 4.55. The second-order valence-corrected chi connectivity index (χ2v) is 5.20. The molecule has 0 amide bonds. The molecule has 0 aromatic carbocycles. The van der Waals surface area contributed by atoms with E-state index in [1.54, 1.807) is 11.3 Å². The van der Waals surface area contributed by atoms with Gasteiger partial charge in [-0.15, -0.1) is 11.3 Å². The van der Waals surface area contributed by atoms with Crippen molar-refractivity contribution in [3.05, 3.63) is 35.1 Å². The van der Waals surface area contributed by atoms with Crippen LogP contribution in [0.4, 0.5) is 0 Å². The summed E-state index contributed by atoms with van der Waals surface area (Å²) in [5.41, 5.74) is 2.55. The quantitative estimate of drug-likeness (QED) is 0.619. The molecule has 0 saturated carbocycles. The highest BCUT2D eigenvalue weighted by Crippen LogP contribution is 2.14. The van der Waals surface area contributed by atoms with Gasteiger partial charge in [-0.05, 0) is 13.3 Å². The molecule has 4 heteroatoms. The minimum atomic E-state index is 0.960. The Balaban J connectivity index is 2.09. The Hall–Kier alpha value is -0.610. The molecule has 2 nitrogen and oxygen atoms in total.